The fraction of sp³-hybridized carbons (Fsp3) is 0.364. The number of hydrogen-bond acceptors (Lipinski definition) is 5. The molecule has 1 saturated heterocycles. The van der Waals surface area contributed by atoms with E-state index in [1.54, 1.807) is 17.0 Å². The van der Waals surface area contributed by atoms with Gasteiger partial charge in [-0.2, -0.15) is 0 Å². The van der Waals surface area contributed by atoms with Gasteiger partial charge in [0.1, 0.15) is 0 Å². The zero-order chi connectivity index (χ0) is 21.3. The van der Waals surface area contributed by atoms with Gasteiger partial charge in [0.15, 0.2) is 18.1 Å². The Hall–Kier alpha value is -2.93. The van der Waals surface area contributed by atoms with Crippen molar-refractivity contribution in [1.29, 1.82) is 0 Å². The van der Waals surface area contributed by atoms with Crippen LogP contribution in [0.25, 0.3) is 0 Å². The van der Waals surface area contributed by atoms with Crippen molar-refractivity contribution in [3.05, 3.63) is 53.6 Å². The molecule has 1 fully saturated rings. The molecule has 0 aliphatic carbocycles. The first-order valence-electron chi connectivity index (χ1n) is 9.96. The summed E-state index contributed by atoms with van der Waals surface area (Å²) in [5.41, 5.74) is 1.05. The van der Waals surface area contributed by atoms with Crippen LogP contribution in [0.5, 0.6) is 11.5 Å². The topological polar surface area (TPSA) is 71.1 Å². The molecule has 2 amide bonds. The molecular weight excluding hydrogens is 406 g/mol. The number of amides is 2. The maximum atomic E-state index is 12.4. The lowest BCUT2D eigenvalue weighted by Crippen LogP contribution is -2.51. The zero-order valence-corrected chi connectivity index (χ0v) is 17.7. The Morgan fingerprint density at radius 2 is 1.70 bits per heavy atom. The molecule has 8 heteroatoms. The van der Waals surface area contributed by atoms with E-state index in [-0.39, 0.29) is 25.0 Å². The highest BCUT2D eigenvalue weighted by Gasteiger charge is 2.21. The lowest BCUT2D eigenvalue weighted by Gasteiger charge is -2.36. The zero-order valence-electron chi connectivity index (χ0n) is 17.0. The molecule has 160 valence electrons. The fourth-order valence-corrected chi connectivity index (χ4v) is 3.40. The average molecular weight is 432 g/mol. The molecule has 2 aromatic carbocycles. The first-order chi connectivity index (χ1) is 14.6. The third-order valence-corrected chi connectivity index (χ3v) is 4.99. The summed E-state index contributed by atoms with van der Waals surface area (Å²) in [4.78, 5) is 28.4. The van der Waals surface area contributed by atoms with E-state index in [9.17, 15) is 9.59 Å². The smallest absolute Gasteiger partial charge is 0.258 e. The second kappa shape index (κ2) is 10.7. The van der Waals surface area contributed by atoms with Crippen LogP contribution in [0.2, 0.25) is 5.02 Å². The number of nitrogens with one attached hydrogen (secondary N) is 1. The molecule has 0 bridgehead atoms. The summed E-state index contributed by atoms with van der Waals surface area (Å²) in [5.74, 6) is 0.621. The molecular formula is C22H26ClN3O4. The van der Waals surface area contributed by atoms with Gasteiger partial charge in [0.2, 0.25) is 5.91 Å². The summed E-state index contributed by atoms with van der Waals surface area (Å²) in [6.45, 7) is 4.79. The van der Waals surface area contributed by atoms with Gasteiger partial charge in [-0.25, -0.2) is 0 Å². The van der Waals surface area contributed by atoms with Crippen molar-refractivity contribution in [1.82, 2.24) is 10.2 Å². The normalized spacial score (nSPS) is 13.7. The lowest BCUT2D eigenvalue weighted by molar-refractivity contribution is -0.133. The summed E-state index contributed by atoms with van der Waals surface area (Å²) in [6, 6.07) is 14.8. The minimum Gasteiger partial charge on any atom is -0.490 e. The monoisotopic (exact) mass is 431 g/mol. The van der Waals surface area contributed by atoms with Gasteiger partial charge in [0.05, 0.1) is 13.2 Å². The maximum absolute atomic E-state index is 12.4. The molecule has 30 heavy (non-hydrogen) atoms. The van der Waals surface area contributed by atoms with Gasteiger partial charge < -0.3 is 24.6 Å². The van der Waals surface area contributed by atoms with Crippen LogP contribution in [0, 0.1) is 0 Å². The number of piperazine rings is 1. The highest BCUT2D eigenvalue weighted by atomic mass is 35.5. The molecule has 7 nitrogen and oxygen atoms in total. The van der Waals surface area contributed by atoms with Gasteiger partial charge in [-0.3, -0.25) is 9.59 Å². The van der Waals surface area contributed by atoms with E-state index in [0.29, 0.717) is 36.2 Å². The molecule has 0 unspecified atom stereocenters. The van der Waals surface area contributed by atoms with Crippen LogP contribution < -0.4 is 19.7 Å². The number of carbonyl (C=O) groups is 2. The SMILES string of the molecule is CCOc1ccccc1OCC(=O)NCC(=O)N1CCN(c2cccc(Cl)c2)CC1. The minimum atomic E-state index is -0.354. The summed E-state index contributed by atoms with van der Waals surface area (Å²) in [7, 11) is 0. The summed E-state index contributed by atoms with van der Waals surface area (Å²) < 4.78 is 11.0. The number of benzene rings is 2. The van der Waals surface area contributed by atoms with Crippen LogP contribution in [0.4, 0.5) is 5.69 Å². The molecule has 1 N–H and O–H groups in total. The van der Waals surface area contributed by atoms with Crippen LogP contribution in [-0.2, 0) is 9.59 Å². The van der Waals surface area contributed by atoms with Gasteiger partial charge in [0, 0.05) is 36.9 Å². The molecule has 0 atom stereocenters. The van der Waals surface area contributed by atoms with Crippen molar-refractivity contribution in [2.75, 3.05) is 50.8 Å². The van der Waals surface area contributed by atoms with E-state index in [0.717, 1.165) is 18.8 Å². The Labute approximate surface area is 181 Å². The quantitative estimate of drug-likeness (QED) is 0.695. The molecule has 2 aromatic rings. The van der Waals surface area contributed by atoms with Crippen LogP contribution >= 0.6 is 11.6 Å². The number of para-hydroxylation sites is 2. The summed E-state index contributed by atoms with van der Waals surface area (Å²) >= 11 is 6.05. The van der Waals surface area contributed by atoms with Crippen molar-refractivity contribution in [2.45, 2.75) is 6.92 Å². The number of anilines is 1. The summed E-state index contributed by atoms with van der Waals surface area (Å²) in [6.07, 6.45) is 0. The molecule has 0 aromatic heterocycles. The molecule has 0 spiro atoms. The first kappa shape index (κ1) is 21.8. The molecule has 1 heterocycles. The van der Waals surface area contributed by atoms with Gasteiger partial charge in [-0.15, -0.1) is 0 Å². The minimum absolute atomic E-state index is 0.0491. The number of hydrogen-bond donors (Lipinski definition) is 1. The first-order valence-corrected chi connectivity index (χ1v) is 10.3. The predicted octanol–water partition coefficient (Wildman–Crippen LogP) is 2.58. The van der Waals surface area contributed by atoms with Crippen LogP contribution in [-0.4, -0.2) is 62.7 Å². The van der Waals surface area contributed by atoms with Crippen LogP contribution in [0.3, 0.4) is 0 Å². The Kier molecular flexibility index (Phi) is 7.79. The van der Waals surface area contributed by atoms with Gasteiger partial charge in [-0.05, 0) is 37.3 Å². The van der Waals surface area contributed by atoms with Crippen LogP contribution in [0.15, 0.2) is 48.5 Å². The average Bonchev–Trinajstić information content (AvgIpc) is 2.77. The Morgan fingerprint density at radius 1 is 1.00 bits per heavy atom. The van der Waals surface area contributed by atoms with Gasteiger partial charge in [0.25, 0.3) is 5.91 Å². The highest BCUT2D eigenvalue weighted by Crippen LogP contribution is 2.26. The second-order valence-corrected chi connectivity index (χ2v) is 7.23. The van der Waals surface area contributed by atoms with E-state index in [1.807, 2.05) is 43.3 Å². The largest absolute Gasteiger partial charge is 0.490 e. The summed E-state index contributed by atoms with van der Waals surface area (Å²) in [5, 5.41) is 3.32. The molecule has 0 saturated carbocycles. The second-order valence-electron chi connectivity index (χ2n) is 6.79. The van der Waals surface area contributed by atoms with Crippen molar-refractivity contribution >= 4 is 29.1 Å². The van der Waals surface area contributed by atoms with E-state index in [1.165, 1.54) is 0 Å². The highest BCUT2D eigenvalue weighted by molar-refractivity contribution is 6.30. The fourth-order valence-electron chi connectivity index (χ4n) is 3.21. The molecule has 3 rings (SSSR count). The Bertz CT molecular complexity index is 869. The number of rotatable bonds is 8. The van der Waals surface area contributed by atoms with Crippen molar-refractivity contribution in [2.24, 2.45) is 0 Å². The van der Waals surface area contributed by atoms with Crippen LogP contribution in [0.1, 0.15) is 6.92 Å². The third kappa shape index (κ3) is 6.03. The number of ether oxygens (including phenoxy) is 2. The Morgan fingerprint density at radius 3 is 2.37 bits per heavy atom. The number of carbonyl (C=O) groups excluding carboxylic acids is 2. The van der Waals surface area contributed by atoms with Crippen molar-refractivity contribution < 1.29 is 19.1 Å². The van der Waals surface area contributed by atoms with E-state index in [2.05, 4.69) is 10.2 Å². The van der Waals surface area contributed by atoms with E-state index >= 15 is 0 Å². The molecule has 1 aliphatic heterocycles. The maximum Gasteiger partial charge on any atom is 0.258 e. The standard InChI is InChI=1S/C22H26ClN3O4/c1-2-29-19-8-3-4-9-20(19)30-16-21(27)24-15-22(28)26-12-10-25(11-13-26)18-7-5-6-17(23)14-18/h3-9,14H,2,10-13,15-16H2,1H3,(H,24,27). The molecule has 1 aliphatic rings. The van der Waals surface area contributed by atoms with E-state index in [4.69, 9.17) is 21.1 Å². The third-order valence-electron chi connectivity index (χ3n) is 4.75. The Balaban J connectivity index is 1.40. The lowest BCUT2D eigenvalue weighted by atomic mass is 10.2. The number of halogens is 1. The van der Waals surface area contributed by atoms with Gasteiger partial charge in [-0.1, -0.05) is 29.8 Å². The van der Waals surface area contributed by atoms with Crippen molar-refractivity contribution in [3.8, 4) is 11.5 Å². The van der Waals surface area contributed by atoms with E-state index < -0.39 is 0 Å². The number of nitrogens with zero attached hydrogens (tertiary/aromatic N) is 2. The predicted molar refractivity (Wildman–Crippen MR) is 116 cm³/mol. The van der Waals surface area contributed by atoms with Gasteiger partial charge >= 0.3 is 0 Å². The van der Waals surface area contributed by atoms with Crippen molar-refractivity contribution in [3.63, 3.8) is 0 Å². The molecule has 0 radical (unpaired) electrons.